The molecule has 1 aromatic rings. The summed E-state index contributed by atoms with van der Waals surface area (Å²) in [5.41, 5.74) is 4.12. The Morgan fingerprint density at radius 2 is 1.96 bits per heavy atom. The maximum atomic E-state index is 3.65. The molecule has 0 heterocycles. The molecular weight excluding hydrogens is 426 g/mol. The normalized spacial score (nSPS) is 18.5. The van der Waals surface area contributed by atoms with E-state index in [4.69, 9.17) is 0 Å². The minimum atomic E-state index is -0.0969. The second kappa shape index (κ2) is 11.2. The van der Waals surface area contributed by atoms with Gasteiger partial charge in [0.15, 0.2) is 0 Å². The van der Waals surface area contributed by atoms with Crippen molar-refractivity contribution in [1.82, 2.24) is 0 Å². The summed E-state index contributed by atoms with van der Waals surface area (Å²) in [7, 11) is 0. The summed E-state index contributed by atoms with van der Waals surface area (Å²) < 4.78 is 0. The van der Waals surface area contributed by atoms with Gasteiger partial charge in [-0.25, -0.2) is 0 Å². The molecule has 0 bridgehead atoms. The first-order valence-corrected chi connectivity index (χ1v) is 8.39. The largest absolute Gasteiger partial charge is 2.00 e. The van der Waals surface area contributed by atoms with Crippen molar-refractivity contribution in [3.63, 3.8) is 0 Å². The summed E-state index contributed by atoms with van der Waals surface area (Å²) in [6, 6.07) is 8.73. The first kappa shape index (κ1) is 24.5. The first-order chi connectivity index (χ1) is 10.8. The molecule has 1 aromatic carbocycles. The molecule has 130 valence electrons. The number of halogens is 2. The quantitative estimate of drug-likeness (QED) is 0.444. The molecule has 0 radical (unpaired) electrons. The van der Waals surface area contributed by atoms with Gasteiger partial charge in [-0.15, -0.1) is 5.92 Å². The molecule has 25 heavy (non-hydrogen) atoms. The Bertz CT molecular complexity index is 706. The number of allylic oxidation sites excluding steroid dienone is 5. The number of fused-ring (bicyclic) bond motifs is 1. The third-order valence-corrected chi connectivity index (χ3v) is 4.86. The smallest absolute Gasteiger partial charge is 1.00 e. The van der Waals surface area contributed by atoms with Gasteiger partial charge in [0.25, 0.3) is 0 Å². The number of rotatable bonds is 4. The molecule has 2 atom stereocenters. The van der Waals surface area contributed by atoms with E-state index < -0.39 is 0 Å². The summed E-state index contributed by atoms with van der Waals surface area (Å²) in [5, 5.41) is 0. The fourth-order valence-corrected chi connectivity index (χ4v) is 3.45. The van der Waals surface area contributed by atoms with Crippen LogP contribution in [-0.2, 0) is 26.2 Å². The van der Waals surface area contributed by atoms with E-state index in [2.05, 4.69) is 80.3 Å². The van der Waals surface area contributed by atoms with Crippen LogP contribution in [0.2, 0.25) is 0 Å². The summed E-state index contributed by atoms with van der Waals surface area (Å²) in [4.78, 5) is 0. The average Bonchev–Trinajstić information content (AvgIpc) is 3.20. The number of unbranched alkanes of at least 4 members (excludes halogenated alkanes) is 2. The van der Waals surface area contributed by atoms with Gasteiger partial charge in [-0.3, -0.25) is 0 Å². The zero-order valence-electron chi connectivity index (χ0n) is 14.9. The van der Waals surface area contributed by atoms with Crippen LogP contribution in [0.25, 0.3) is 6.08 Å². The second-order valence-electron chi connectivity index (χ2n) is 6.40. The predicted molar refractivity (Wildman–Crippen MR) is 95.5 cm³/mol. The molecule has 2 unspecified atom stereocenters. The summed E-state index contributed by atoms with van der Waals surface area (Å²) in [5.74, 6) is 7.47. The van der Waals surface area contributed by atoms with Crippen molar-refractivity contribution in [2.45, 2.75) is 45.4 Å². The molecule has 0 saturated carbocycles. The third kappa shape index (κ3) is 5.23. The van der Waals surface area contributed by atoms with Crippen molar-refractivity contribution in [1.29, 1.82) is 0 Å². The predicted octanol–water partition coefficient (Wildman–Crippen LogP) is -0.111. The van der Waals surface area contributed by atoms with Crippen LogP contribution >= 0.6 is 0 Å². The van der Waals surface area contributed by atoms with E-state index in [1.165, 1.54) is 29.5 Å². The van der Waals surface area contributed by atoms with Gasteiger partial charge in [0.2, 0.25) is 0 Å². The molecular formula is C22H24Cl2Zr. The van der Waals surface area contributed by atoms with E-state index in [1.54, 1.807) is 0 Å². The van der Waals surface area contributed by atoms with Gasteiger partial charge in [-0.2, -0.15) is 0 Å². The van der Waals surface area contributed by atoms with E-state index >= 15 is 0 Å². The van der Waals surface area contributed by atoms with Crippen LogP contribution in [0.1, 0.15) is 56.6 Å². The summed E-state index contributed by atoms with van der Waals surface area (Å²) in [6.07, 6.45) is 15.7. The average molecular weight is 451 g/mol. The molecule has 0 aliphatic heterocycles. The van der Waals surface area contributed by atoms with Crippen LogP contribution < -0.4 is 24.8 Å². The minimum absolute atomic E-state index is 0. The Hall–Kier alpha value is -0.537. The Morgan fingerprint density at radius 1 is 1.20 bits per heavy atom. The van der Waals surface area contributed by atoms with Gasteiger partial charge in [-0.05, 0) is 36.5 Å². The molecule has 0 amide bonds. The monoisotopic (exact) mass is 448 g/mol. The molecule has 0 fully saturated rings. The number of benzene rings is 1. The Labute approximate surface area is 184 Å². The Kier molecular flexibility index (Phi) is 11.0. The van der Waals surface area contributed by atoms with E-state index in [1.807, 2.05) is 0 Å². The van der Waals surface area contributed by atoms with Crippen molar-refractivity contribution in [3.8, 4) is 11.8 Å². The maximum Gasteiger partial charge on any atom is 2.00 e. The molecule has 0 saturated heterocycles. The fraction of sp³-hybridized carbons (Fsp3) is 0.364. The maximum absolute atomic E-state index is 3.65. The zero-order chi connectivity index (χ0) is 15.4. The minimum Gasteiger partial charge on any atom is -1.00 e. The Morgan fingerprint density at radius 3 is 2.64 bits per heavy atom. The van der Waals surface area contributed by atoms with Gasteiger partial charge in [-0.1, -0.05) is 73.9 Å². The second-order valence-corrected chi connectivity index (χ2v) is 6.40. The van der Waals surface area contributed by atoms with E-state index in [0.29, 0.717) is 5.92 Å². The fourth-order valence-electron chi connectivity index (χ4n) is 3.45. The molecule has 0 nitrogen and oxygen atoms in total. The van der Waals surface area contributed by atoms with Gasteiger partial charge in [0.1, 0.15) is 0 Å². The van der Waals surface area contributed by atoms with Crippen LogP contribution in [0, 0.1) is 17.3 Å². The van der Waals surface area contributed by atoms with Crippen molar-refractivity contribution in [2.75, 3.05) is 0 Å². The van der Waals surface area contributed by atoms with E-state index in [-0.39, 0.29) is 56.4 Å². The zero-order valence-corrected chi connectivity index (χ0v) is 18.8. The van der Waals surface area contributed by atoms with E-state index in [9.17, 15) is 0 Å². The van der Waals surface area contributed by atoms with Crippen LogP contribution in [0.4, 0.5) is 0 Å². The number of hydrogen-bond acceptors (Lipinski definition) is 0. The third-order valence-electron chi connectivity index (χ3n) is 4.86. The molecule has 0 N–H and O–H groups in total. The Balaban J connectivity index is 0.00000192. The molecule has 3 heteroatoms. The van der Waals surface area contributed by atoms with Gasteiger partial charge in [0.05, 0.1) is 5.41 Å². The number of hydrogen-bond donors (Lipinski definition) is 0. The molecule has 2 aliphatic rings. The van der Waals surface area contributed by atoms with Gasteiger partial charge in [0, 0.05) is 12.3 Å². The van der Waals surface area contributed by atoms with Crippen molar-refractivity contribution in [3.05, 3.63) is 65.3 Å². The van der Waals surface area contributed by atoms with Crippen molar-refractivity contribution >= 4 is 6.08 Å². The van der Waals surface area contributed by atoms with Crippen LogP contribution in [0.5, 0.6) is 0 Å². The summed E-state index contributed by atoms with van der Waals surface area (Å²) >= 11 is 0. The first-order valence-electron chi connectivity index (χ1n) is 8.39. The summed E-state index contributed by atoms with van der Waals surface area (Å²) in [6.45, 7) is 4.54. The topological polar surface area (TPSA) is 0 Å². The molecule has 0 spiro atoms. The van der Waals surface area contributed by atoms with Crippen LogP contribution in [-0.4, -0.2) is 0 Å². The van der Waals surface area contributed by atoms with Gasteiger partial charge < -0.3 is 24.8 Å². The molecule has 0 aromatic heterocycles. The van der Waals surface area contributed by atoms with Crippen molar-refractivity contribution < 1.29 is 51.0 Å². The van der Waals surface area contributed by atoms with Crippen LogP contribution in [0.15, 0.2) is 54.1 Å². The molecule has 3 rings (SSSR count). The van der Waals surface area contributed by atoms with E-state index in [0.717, 1.165) is 12.8 Å². The molecule has 2 aliphatic carbocycles. The van der Waals surface area contributed by atoms with Crippen LogP contribution in [0.3, 0.4) is 0 Å². The van der Waals surface area contributed by atoms with Gasteiger partial charge >= 0.3 is 26.2 Å². The SMILES string of the molecule is CCCCC#CC(C)(C1=CC=CC1)C1C=Cc2ccccc21.[Cl-].[Cl-].[Zr+2]. The standard InChI is InChI=1S/C22H24.2ClH.Zr/c1-3-4-5-10-17-22(2,19-12-7-8-13-19)21-16-15-18-11-6-9-14-20(18)21;;;/h6-9,11-12,14-16,21H,3-5,13H2,1-2H3;2*1H;/q;;;+2/p-2. The van der Waals surface area contributed by atoms with Crippen molar-refractivity contribution in [2.24, 2.45) is 5.41 Å².